The zero-order chi connectivity index (χ0) is 18.6. The number of rotatable bonds is 6. The summed E-state index contributed by atoms with van der Waals surface area (Å²) in [5.74, 6) is 0.884. The normalized spacial score (nSPS) is 12.8. The van der Waals surface area contributed by atoms with Gasteiger partial charge in [-0.15, -0.1) is 11.8 Å². The van der Waals surface area contributed by atoms with Crippen LogP contribution in [0.5, 0.6) is 5.75 Å². The van der Waals surface area contributed by atoms with E-state index in [-0.39, 0.29) is 5.41 Å². The van der Waals surface area contributed by atoms with Gasteiger partial charge in [0.05, 0.1) is 18.7 Å². The predicted molar refractivity (Wildman–Crippen MR) is 109 cm³/mol. The summed E-state index contributed by atoms with van der Waals surface area (Å²) in [6, 6.07) is 17.3. The zero-order valence-corrected chi connectivity index (χ0v) is 16.7. The molecule has 0 aliphatic heterocycles. The van der Waals surface area contributed by atoms with E-state index in [1.165, 1.54) is 16.0 Å². The fourth-order valence-corrected chi connectivity index (χ4v) is 3.97. The third-order valence-electron chi connectivity index (χ3n) is 4.42. The third-order valence-corrected chi connectivity index (χ3v) is 5.67. The minimum Gasteiger partial charge on any atom is -0.497 e. The van der Waals surface area contributed by atoms with Crippen molar-refractivity contribution in [3.05, 3.63) is 78.4 Å². The van der Waals surface area contributed by atoms with Gasteiger partial charge in [-0.25, -0.2) is 4.98 Å². The van der Waals surface area contributed by atoms with E-state index in [1.807, 2.05) is 42.6 Å². The van der Waals surface area contributed by atoms with E-state index in [1.54, 1.807) is 7.11 Å². The maximum atomic E-state index is 5.30. The van der Waals surface area contributed by atoms with Gasteiger partial charge in [0.2, 0.25) is 0 Å². The molecule has 2 aromatic carbocycles. The number of hydrogen-bond donors (Lipinski definition) is 0. The molecule has 1 aromatic heterocycles. The van der Waals surface area contributed by atoms with Gasteiger partial charge in [-0.1, -0.05) is 45.0 Å². The number of thioether (sulfide) groups is 1. The molecule has 0 aliphatic carbocycles. The second-order valence-corrected chi connectivity index (χ2v) is 8.69. The molecular formula is C22H26N2OS. The second-order valence-electron chi connectivity index (χ2n) is 7.41. The fourth-order valence-electron chi connectivity index (χ4n) is 2.81. The SMILES string of the molecule is COc1ccc(C(Cn2ccnc2)Sc2ccc(C(C)(C)C)cc2)cc1. The molecule has 3 rings (SSSR count). The van der Waals surface area contributed by atoms with E-state index < -0.39 is 0 Å². The van der Waals surface area contributed by atoms with E-state index in [0.29, 0.717) is 5.25 Å². The van der Waals surface area contributed by atoms with Crippen LogP contribution < -0.4 is 4.74 Å². The topological polar surface area (TPSA) is 27.1 Å². The zero-order valence-electron chi connectivity index (χ0n) is 15.8. The smallest absolute Gasteiger partial charge is 0.118 e. The van der Waals surface area contributed by atoms with Gasteiger partial charge in [0.1, 0.15) is 5.75 Å². The molecule has 0 fully saturated rings. The van der Waals surface area contributed by atoms with Gasteiger partial charge in [-0.05, 0) is 40.8 Å². The van der Waals surface area contributed by atoms with Gasteiger partial charge in [-0.2, -0.15) is 0 Å². The third kappa shape index (κ3) is 4.70. The molecule has 26 heavy (non-hydrogen) atoms. The lowest BCUT2D eigenvalue weighted by molar-refractivity contribution is 0.414. The van der Waals surface area contributed by atoms with Crippen LogP contribution in [0.1, 0.15) is 37.1 Å². The lowest BCUT2D eigenvalue weighted by Crippen LogP contribution is -2.10. The molecular weight excluding hydrogens is 340 g/mol. The van der Waals surface area contributed by atoms with Crippen LogP contribution in [0.25, 0.3) is 0 Å². The summed E-state index contributed by atoms with van der Waals surface area (Å²) in [4.78, 5) is 5.45. The van der Waals surface area contributed by atoms with Gasteiger partial charge in [0, 0.05) is 23.8 Å². The Hall–Kier alpha value is -2.20. The highest BCUT2D eigenvalue weighted by atomic mass is 32.2. The van der Waals surface area contributed by atoms with Crippen molar-refractivity contribution < 1.29 is 4.74 Å². The van der Waals surface area contributed by atoms with Crippen molar-refractivity contribution in [1.29, 1.82) is 0 Å². The molecule has 0 saturated heterocycles. The summed E-state index contributed by atoms with van der Waals surface area (Å²) >= 11 is 1.88. The number of aromatic nitrogens is 2. The summed E-state index contributed by atoms with van der Waals surface area (Å²) in [6.45, 7) is 7.61. The molecule has 1 heterocycles. The standard InChI is InChI=1S/C22H26N2OS/c1-22(2,3)18-7-11-20(12-8-18)26-21(15-24-14-13-23-16-24)17-5-9-19(25-4)10-6-17/h5-14,16,21H,15H2,1-4H3. The first-order valence-electron chi connectivity index (χ1n) is 8.82. The molecule has 0 spiro atoms. The molecule has 0 amide bonds. The molecule has 1 atom stereocenters. The van der Waals surface area contributed by atoms with E-state index in [2.05, 4.69) is 66.7 Å². The van der Waals surface area contributed by atoms with Crippen LogP contribution in [0, 0.1) is 0 Å². The van der Waals surface area contributed by atoms with Crippen LogP contribution in [-0.2, 0) is 12.0 Å². The number of hydrogen-bond acceptors (Lipinski definition) is 3. The molecule has 136 valence electrons. The average molecular weight is 367 g/mol. The highest BCUT2D eigenvalue weighted by molar-refractivity contribution is 7.99. The Labute approximate surface area is 160 Å². The lowest BCUT2D eigenvalue weighted by Gasteiger charge is -2.21. The molecule has 1 unspecified atom stereocenters. The Kier molecular flexibility index (Phi) is 5.72. The largest absolute Gasteiger partial charge is 0.497 e. The summed E-state index contributed by atoms with van der Waals surface area (Å²) in [5, 5.41) is 0.301. The molecule has 4 heteroatoms. The van der Waals surface area contributed by atoms with Gasteiger partial charge < -0.3 is 9.30 Å². The maximum absolute atomic E-state index is 5.30. The molecule has 3 nitrogen and oxygen atoms in total. The summed E-state index contributed by atoms with van der Waals surface area (Å²) < 4.78 is 7.43. The minimum atomic E-state index is 0.176. The Bertz CT molecular complexity index is 803. The average Bonchev–Trinajstić information content (AvgIpc) is 3.14. The first kappa shape index (κ1) is 18.6. The van der Waals surface area contributed by atoms with Crippen molar-refractivity contribution in [2.45, 2.75) is 42.9 Å². The molecule has 0 bridgehead atoms. The lowest BCUT2D eigenvalue weighted by atomic mass is 9.87. The van der Waals surface area contributed by atoms with Crippen LogP contribution in [0.4, 0.5) is 0 Å². The molecule has 3 aromatic rings. The van der Waals surface area contributed by atoms with Crippen LogP contribution in [0.3, 0.4) is 0 Å². The van der Waals surface area contributed by atoms with Gasteiger partial charge in [0.25, 0.3) is 0 Å². The monoisotopic (exact) mass is 366 g/mol. The van der Waals surface area contributed by atoms with Gasteiger partial charge in [0.15, 0.2) is 0 Å². The number of ether oxygens (including phenoxy) is 1. The minimum absolute atomic E-state index is 0.176. The van der Waals surface area contributed by atoms with Crippen LogP contribution in [-0.4, -0.2) is 16.7 Å². The summed E-state index contributed by atoms with van der Waals surface area (Å²) in [7, 11) is 1.70. The van der Waals surface area contributed by atoms with E-state index in [0.717, 1.165) is 12.3 Å². The summed E-state index contributed by atoms with van der Waals surface area (Å²) in [6.07, 6.45) is 5.72. The Morgan fingerprint density at radius 1 is 1.04 bits per heavy atom. The number of benzene rings is 2. The van der Waals surface area contributed by atoms with Crippen LogP contribution in [0.15, 0.2) is 72.1 Å². The van der Waals surface area contributed by atoms with E-state index in [9.17, 15) is 0 Å². The molecule has 0 N–H and O–H groups in total. The highest BCUT2D eigenvalue weighted by Crippen LogP contribution is 2.38. The van der Waals surface area contributed by atoms with Crippen molar-refractivity contribution in [3.8, 4) is 5.75 Å². The number of nitrogens with zero attached hydrogens (tertiary/aromatic N) is 2. The van der Waals surface area contributed by atoms with E-state index >= 15 is 0 Å². The first-order valence-corrected chi connectivity index (χ1v) is 9.70. The highest BCUT2D eigenvalue weighted by Gasteiger charge is 2.16. The molecule has 0 aliphatic rings. The fraction of sp³-hybridized carbons (Fsp3) is 0.318. The quantitative estimate of drug-likeness (QED) is 0.522. The van der Waals surface area contributed by atoms with Crippen LogP contribution in [0.2, 0.25) is 0 Å². The molecule has 0 saturated carbocycles. The number of methoxy groups -OCH3 is 1. The number of imidazole rings is 1. The second kappa shape index (κ2) is 8.00. The Balaban J connectivity index is 1.82. The van der Waals surface area contributed by atoms with E-state index in [4.69, 9.17) is 4.74 Å². The Morgan fingerprint density at radius 3 is 2.27 bits per heavy atom. The van der Waals surface area contributed by atoms with Crippen molar-refractivity contribution >= 4 is 11.8 Å². The van der Waals surface area contributed by atoms with Crippen molar-refractivity contribution in [2.75, 3.05) is 7.11 Å². The van der Waals surface area contributed by atoms with Crippen molar-refractivity contribution in [1.82, 2.24) is 9.55 Å². The van der Waals surface area contributed by atoms with Gasteiger partial charge >= 0.3 is 0 Å². The van der Waals surface area contributed by atoms with Gasteiger partial charge in [-0.3, -0.25) is 0 Å². The Morgan fingerprint density at radius 2 is 1.73 bits per heavy atom. The predicted octanol–water partition coefficient (Wildman–Crippen LogP) is 5.72. The molecule has 0 radical (unpaired) electrons. The van der Waals surface area contributed by atoms with Crippen LogP contribution >= 0.6 is 11.8 Å². The van der Waals surface area contributed by atoms with Crippen molar-refractivity contribution in [2.24, 2.45) is 0 Å². The summed E-state index contributed by atoms with van der Waals surface area (Å²) in [5.41, 5.74) is 2.82. The maximum Gasteiger partial charge on any atom is 0.118 e. The van der Waals surface area contributed by atoms with Crippen molar-refractivity contribution in [3.63, 3.8) is 0 Å². The first-order chi connectivity index (χ1) is 12.5.